The van der Waals surface area contributed by atoms with Crippen molar-refractivity contribution >= 4 is 5.96 Å². The van der Waals surface area contributed by atoms with Crippen molar-refractivity contribution < 1.29 is 0 Å². The molecule has 1 unspecified atom stereocenters. The fraction of sp³-hybridized carbons (Fsp3) is 0.588. The first kappa shape index (κ1) is 16.5. The first-order valence-corrected chi connectivity index (χ1v) is 8.59. The van der Waals surface area contributed by atoms with Crippen molar-refractivity contribution in [3.05, 3.63) is 34.9 Å². The van der Waals surface area contributed by atoms with E-state index in [1.165, 1.54) is 11.3 Å². The lowest BCUT2D eigenvalue weighted by atomic mass is 9.94. The normalized spacial score (nSPS) is 17.9. The van der Waals surface area contributed by atoms with Gasteiger partial charge in [0.15, 0.2) is 5.96 Å². The Hall–Kier alpha value is -2.31. The summed E-state index contributed by atoms with van der Waals surface area (Å²) in [6, 6.07) is 0.777. The smallest absolute Gasteiger partial charge is 0.191 e. The largest absolute Gasteiger partial charge is 0.353 e. The van der Waals surface area contributed by atoms with Gasteiger partial charge in [-0.15, -0.1) is 0 Å². The minimum absolute atomic E-state index is 0.365. The molecule has 1 aliphatic carbocycles. The van der Waals surface area contributed by atoms with Gasteiger partial charge < -0.3 is 10.6 Å². The average molecular weight is 329 g/mol. The SMILES string of the molecule is CN=C(NCc1cn[nH]c1C)NC1CCc2cn(C(C)C)nc2C1. The molecule has 7 nitrogen and oxygen atoms in total. The molecule has 3 rings (SSSR count). The number of aliphatic imine (C=N–C) groups is 1. The van der Waals surface area contributed by atoms with Gasteiger partial charge in [0.05, 0.1) is 11.9 Å². The Morgan fingerprint density at radius 3 is 3.00 bits per heavy atom. The summed E-state index contributed by atoms with van der Waals surface area (Å²) in [7, 11) is 1.80. The number of aromatic nitrogens is 4. The second kappa shape index (κ2) is 7.07. The van der Waals surface area contributed by atoms with Gasteiger partial charge in [-0.2, -0.15) is 10.2 Å². The zero-order chi connectivity index (χ0) is 17.1. The van der Waals surface area contributed by atoms with Crippen molar-refractivity contribution in [1.29, 1.82) is 0 Å². The molecule has 2 aromatic heterocycles. The second-order valence-corrected chi connectivity index (χ2v) is 6.70. The lowest BCUT2D eigenvalue weighted by Crippen LogP contribution is -2.45. The molecule has 0 aromatic carbocycles. The predicted molar refractivity (Wildman–Crippen MR) is 95.1 cm³/mol. The number of aromatic amines is 1. The summed E-state index contributed by atoms with van der Waals surface area (Å²) in [5.41, 5.74) is 4.84. The summed E-state index contributed by atoms with van der Waals surface area (Å²) in [4.78, 5) is 4.34. The maximum absolute atomic E-state index is 4.74. The van der Waals surface area contributed by atoms with Crippen molar-refractivity contribution in [2.75, 3.05) is 7.05 Å². The molecule has 1 atom stereocenters. The van der Waals surface area contributed by atoms with Gasteiger partial charge in [0.2, 0.25) is 0 Å². The van der Waals surface area contributed by atoms with Crippen LogP contribution in [0.4, 0.5) is 0 Å². The van der Waals surface area contributed by atoms with Crippen molar-refractivity contribution in [1.82, 2.24) is 30.6 Å². The predicted octanol–water partition coefficient (Wildman–Crippen LogP) is 1.72. The number of rotatable bonds is 4. The van der Waals surface area contributed by atoms with E-state index >= 15 is 0 Å². The Morgan fingerprint density at radius 2 is 2.33 bits per heavy atom. The Balaban J connectivity index is 1.57. The molecule has 0 saturated heterocycles. The van der Waals surface area contributed by atoms with Gasteiger partial charge in [-0.3, -0.25) is 14.8 Å². The third kappa shape index (κ3) is 3.60. The molecule has 24 heavy (non-hydrogen) atoms. The van der Waals surface area contributed by atoms with Crippen LogP contribution in [0.1, 0.15) is 48.8 Å². The van der Waals surface area contributed by atoms with E-state index in [0.29, 0.717) is 18.6 Å². The summed E-state index contributed by atoms with van der Waals surface area (Å²) in [5.74, 6) is 0.826. The van der Waals surface area contributed by atoms with Crippen LogP contribution in [0.2, 0.25) is 0 Å². The lowest BCUT2D eigenvalue weighted by molar-refractivity contribution is 0.499. The van der Waals surface area contributed by atoms with E-state index in [2.05, 4.69) is 50.5 Å². The Kier molecular flexibility index (Phi) is 4.87. The molecule has 130 valence electrons. The van der Waals surface area contributed by atoms with Crippen molar-refractivity contribution in [3.8, 4) is 0 Å². The van der Waals surface area contributed by atoms with Crippen LogP contribution in [0.25, 0.3) is 0 Å². The Bertz CT molecular complexity index is 710. The van der Waals surface area contributed by atoms with Gasteiger partial charge in [0, 0.05) is 49.6 Å². The molecule has 3 N–H and O–H groups in total. The Labute approximate surface area is 142 Å². The zero-order valence-corrected chi connectivity index (χ0v) is 14.9. The number of fused-ring (bicyclic) bond motifs is 1. The van der Waals surface area contributed by atoms with Crippen LogP contribution in [0.15, 0.2) is 17.4 Å². The fourth-order valence-corrected chi connectivity index (χ4v) is 3.02. The van der Waals surface area contributed by atoms with Gasteiger partial charge in [0.25, 0.3) is 0 Å². The Morgan fingerprint density at radius 1 is 1.50 bits per heavy atom. The van der Waals surface area contributed by atoms with Crippen molar-refractivity contribution in [2.24, 2.45) is 4.99 Å². The quantitative estimate of drug-likeness (QED) is 0.589. The highest BCUT2D eigenvalue weighted by atomic mass is 15.3. The second-order valence-electron chi connectivity index (χ2n) is 6.70. The van der Waals surface area contributed by atoms with Crippen LogP contribution in [0.5, 0.6) is 0 Å². The summed E-state index contributed by atoms with van der Waals surface area (Å²) in [5, 5.41) is 18.6. The molecule has 2 heterocycles. The minimum Gasteiger partial charge on any atom is -0.353 e. The molecular weight excluding hydrogens is 302 g/mol. The highest BCUT2D eigenvalue weighted by Crippen LogP contribution is 2.21. The number of guanidine groups is 1. The van der Waals surface area contributed by atoms with Gasteiger partial charge in [-0.25, -0.2) is 0 Å². The summed E-state index contributed by atoms with van der Waals surface area (Å²) >= 11 is 0. The topological polar surface area (TPSA) is 82.9 Å². The first-order valence-electron chi connectivity index (χ1n) is 8.59. The maximum atomic E-state index is 4.74. The highest BCUT2D eigenvalue weighted by Gasteiger charge is 2.23. The van der Waals surface area contributed by atoms with Crippen molar-refractivity contribution in [3.63, 3.8) is 0 Å². The van der Waals surface area contributed by atoms with E-state index in [-0.39, 0.29) is 0 Å². The maximum Gasteiger partial charge on any atom is 0.191 e. The van der Waals surface area contributed by atoms with Gasteiger partial charge in [-0.05, 0) is 39.2 Å². The van der Waals surface area contributed by atoms with E-state index < -0.39 is 0 Å². The third-order valence-corrected chi connectivity index (χ3v) is 4.57. The van der Waals surface area contributed by atoms with E-state index in [4.69, 9.17) is 5.10 Å². The van der Waals surface area contributed by atoms with E-state index in [0.717, 1.165) is 36.5 Å². The van der Waals surface area contributed by atoms with Crippen LogP contribution >= 0.6 is 0 Å². The van der Waals surface area contributed by atoms with Crippen LogP contribution in [-0.4, -0.2) is 39.0 Å². The molecule has 0 radical (unpaired) electrons. The number of nitrogens with one attached hydrogen (secondary N) is 3. The fourth-order valence-electron chi connectivity index (χ4n) is 3.02. The molecule has 2 aromatic rings. The zero-order valence-electron chi connectivity index (χ0n) is 14.9. The molecule has 0 spiro atoms. The number of hydrogen-bond acceptors (Lipinski definition) is 3. The molecule has 7 heteroatoms. The number of H-pyrrole nitrogens is 1. The summed E-state index contributed by atoms with van der Waals surface area (Å²) < 4.78 is 2.07. The van der Waals surface area contributed by atoms with Crippen LogP contribution < -0.4 is 10.6 Å². The lowest BCUT2D eigenvalue weighted by Gasteiger charge is -2.24. The number of aryl methyl sites for hydroxylation is 2. The summed E-state index contributed by atoms with van der Waals surface area (Å²) in [6.07, 6.45) is 7.16. The van der Waals surface area contributed by atoms with Crippen molar-refractivity contribution in [2.45, 2.75) is 58.7 Å². The van der Waals surface area contributed by atoms with Crippen LogP contribution in [-0.2, 0) is 19.4 Å². The van der Waals surface area contributed by atoms with Crippen LogP contribution in [0, 0.1) is 6.92 Å². The minimum atomic E-state index is 0.365. The molecule has 0 amide bonds. The molecular formula is C17H27N7. The van der Waals surface area contributed by atoms with Gasteiger partial charge in [-0.1, -0.05) is 0 Å². The molecule has 1 aliphatic rings. The molecule has 0 aliphatic heterocycles. The van der Waals surface area contributed by atoms with Crippen LogP contribution in [0.3, 0.4) is 0 Å². The molecule has 0 bridgehead atoms. The molecule has 0 fully saturated rings. The van der Waals surface area contributed by atoms with E-state index in [1.807, 2.05) is 13.1 Å². The number of nitrogens with zero attached hydrogens (tertiary/aromatic N) is 4. The highest BCUT2D eigenvalue weighted by molar-refractivity contribution is 5.80. The monoisotopic (exact) mass is 329 g/mol. The summed E-state index contributed by atoms with van der Waals surface area (Å²) in [6.45, 7) is 7.06. The standard InChI is InChI=1S/C17H27N7/c1-11(2)24-10-13-5-6-15(7-16(13)23-24)21-17(18-4)19-8-14-9-20-22-12(14)3/h9-11,15H,5-8H2,1-4H3,(H,20,22)(H2,18,19,21). The molecule has 0 saturated carbocycles. The van der Waals surface area contributed by atoms with Gasteiger partial charge in [0.1, 0.15) is 0 Å². The van der Waals surface area contributed by atoms with Gasteiger partial charge >= 0.3 is 0 Å². The third-order valence-electron chi connectivity index (χ3n) is 4.57. The first-order chi connectivity index (χ1) is 11.6. The average Bonchev–Trinajstić information content (AvgIpc) is 3.17. The van der Waals surface area contributed by atoms with E-state index in [9.17, 15) is 0 Å². The van der Waals surface area contributed by atoms with E-state index in [1.54, 1.807) is 7.05 Å². The number of hydrogen-bond donors (Lipinski definition) is 3.